The largest absolute Gasteiger partial charge is 0.482 e. The number of hydrogen-bond acceptors (Lipinski definition) is 5. The summed E-state index contributed by atoms with van der Waals surface area (Å²) in [4.78, 5) is 24.7. The van der Waals surface area contributed by atoms with Crippen molar-refractivity contribution in [1.29, 1.82) is 0 Å². The van der Waals surface area contributed by atoms with Gasteiger partial charge in [-0.1, -0.05) is 41.9 Å². The molecular formula is C24H22ClN3O5S. The SMILES string of the molecule is Cc1cc(S(N)(=O)=O)ccc1NC(=O)COc1ccc(Cl)cc1NC(=O)/C=C/c1ccccc1. The fraction of sp³-hybridized carbons (Fsp3) is 0.0833. The molecule has 0 radical (unpaired) electrons. The third-order valence-corrected chi connectivity index (χ3v) is 5.73. The van der Waals surface area contributed by atoms with Crippen molar-refractivity contribution >= 4 is 50.9 Å². The van der Waals surface area contributed by atoms with Crippen LogP contribution < -0.4 is 20.5 Å². The number of nitrogens with one attached hydrogen (secondary N) is 2. The van der Waals surface area contributed by atoms with Crippen LogP contribution in [0.2, 0.25) is 5.02 Å². The van der Waals surface area contributed by atoms with Crippen molar-refractivity contribution < 1.29 is 22.7 Å². The van der Waals surface area contributed by atoms with Gasteiger partial charge in [0.05, 0.1) is 10.6 Å². The van der Waals surface area contributed by atoms with Gasteiger partial charge >= 0.3 is 0 Å². The number of carbonyl (C=O) groups is 2. The number of ether oxygens (including phenoxy) is 1. The van der Waals surface area contributed by atoms with E-state index in [4.69, 9.17) is 21.5 Å². The van der Waals surface area contributed by atoms with E-state index < -0.39 is 21.8 Å². The Morgan fingerprint density at radius 2 is 1.74 bits per heavy atom. The maximum absolute atomic E-state index is 12.4. The van der Waals surface area contributed by atoms with E-state index in [-0.39, 0.29) is 17.3 Å². The van der Waals surface area contributed by atoms with Crippen molar-refractivity contribution in [3.8, 4) is 5.75 Å². The van der Waals surface area contributed by atoms with Crippen LogP contribution in [0.5, 0.6) is 5.75 Å². The molecule has 0 unspecified atom stereocenters. The molecule has 0 aromatic heterocycles. The quantitative estimate of drug-likeness (QED) is 0.404. The number of primary sulfonamides is 1. The van der Waals surface area contributed by atoms with Crippen LogP contribution in [0.15, 0.2) is 77.7 Å². The molecule has 0 aliphatic heterocycles. The van der Waals surface area contributed by atoms with Crippen molar-refractivity contribution in [3.05, 3.63) is 89.0 Å². The zero-order chi connectivity index (χ0) is 24.7. The predicted octanol–water partition coefficient (Wildman–Crippen LogP) is 3.97. The van der Waals surface area contributed by atoms with Gasteiger partial charge in [-0.2, -0.15) is 0 Å². The molecule has 0 fully saturated rings. The fourth-order valence-electron chi connectivity index (χ4n) is 2.92. The Morgan fingerprint density at radius 3 is 2.41 bits per heavy atom. The number of rotatable bonds is 8. The van der Waals surface area contributed by atoms with Gasteiger partial charge in [0.15, 0.2) is 6.61 Å². The molecule has 3 aromatic carbocycles. The summed E-state index contributed by atoms with van der Waals surface area (Å²) >= 11 is 6.05. The number of carbonyl (C=O) groups excluding carboxylic acids is 2. The minimum Gasteiger partial charge on any atom is -0.482 e. The molecule has 0 spiro atoms. The van der Waals surface area contributed by atoms with Gasteiger partial charge in [0, 0.05) is 16.8 Å². The fourth-order valence-corrected chi connectivity index (χ4v) is 3.69. The highest BCUT2D eigenvalue weighted by molar-refractivity contribution is 7.89. The Labute approximate surface area is 202 Å². The molecule has 0 bridgehead atoms. The second kappa shape index (κ2) is 11.0. The number of hydrogen-bond donors (Lipinski definition) is 3. The van der Waals surface area contributed by atoms with Crippen LogP contribution in [0.3, 0.4) is 0 Å². The lowest BCUT2D eigenvalue weighted by Gasteiger charge is -2.13. The number of nitrogens with two attached hydrogens (primary N) is 1. The standard InChI is InChI=1S/C24H22ClN3O5S/c1-16-13-19(34(26,31)32)9-10-20(16)27-24(30)15-33-22-11-8-18(25)14-21(22)28-23(29)12-7-17-5-3-2-4-6-17/h2-14H,15H2,1H3,(H,27,30)(H,28,29)(H2,26,31,32)/b12-7+. The molecule has 4 N–H and O–H groups in total. The zero-order valence-electron chi connectivity index (χ0n) is 18.1. The van der Waals surface area contributed by atoms with Crippen molar-refractivity contribution in [1.82, 2.24) is 0 Å². The summed E-state index contributed by atoms with van der Waals surface area (Å²) < 4.78 is 28.5. The minimum absolute atomic E-state index is 0.0536. The highest BCUT2D eigenvalue weighted by atomic mass is 35.5. The van der Waals surface area contributed by atoms with Gasteiger partial charge in [-0.25, -0.2) is 13.6 Å². The Hall–Kier alpha value is -3.66. The Kier molecular flexibility index (Phi) is 8.06. The van der Waals surface area contributed by atoms with E-state index in [1.165, 1.54) is 36.4 Å². The van der Waals surface area contributed by atoms with Crippen LogP contribution >= 0.6 is 11.6 Å². The van der Waals surface area contributed by atoms with Gasteiger partial charge in [-0.15, -0.1) is 0 Å². The van der Waals surface area contributed by atoms with Gasteiger partial charge in [0.2, 0.25) is 15.9 Å². The first-order chi connectivity index (χ1) is 16.1. The molecule has 0 aliphatic carbocycles. The maximum atomic E-state index is 12.4. The highest BCUT2D eigenvalue weighted by Crippen LogP contribution is 2.28. The van der Waals surface area contributed by atoms with E-state index in [1.54, 1.807) is 19.1 Å². The highest BCUT2D eigenvalue weighted by Gasteiger charge is 2.13. The van der Waals surface area contributed by atoms with Crippen LogP contribution in [0, 0.1) is 6.92 Å². The summed E-state index contributed by atoms with van der Waals surface area (Å²) in [7, 11) is -3.84. The predicted molar refractivity (Wildman–Crippen MR) is 132 cm³/mol. The zero-order valence-corrected chi connectivity index (χ0v) is 19.7. The van der Waals surface area contributed by atoms with Crippen molar-refractivity contribution in [2.75, 3.05) is 17.2 Å². The van der Waals surface area contributed by atoms with E-state index in [0.717, 1.165) is 5.56 Å². The van der Waals surface area contributed by atoms with Gasteiger partial charge in [0.1, 0.15) is 5.75 Å². The number of anilines is 2. The maximum Gasteiger partial charge on any atom is 0.262 e. The Bertz CT molecular complexity index is 1340. The Morgan fingerprint density at radius 1 is 1.00 bits per heavy atom. The lowest BCUT2D eigenvalue weighted by atomic mass is 10.2. The number of sulfonamides is 1. The molecule has 0 atom stereocenters. The van der Waals surface area contributed by atoms with Gasteiger partial charge in [0.25, 0.3) is 5.91 Å². The van der Waals surface area contributed by atoms with E-state index >= 15 is 0 Å². The average Bonchev–Trinajstić information content (AvgIpc) is 2.78. The molecule has 3 aromatic rings. The average molecular weight is 500 g/mol. The molecule has 34 heavy (non-hydrogen) atoms. The van der Waals surface area contributed by atoms with Crippen molar-refractivity contribution in [3.63, 3.8) is 0 Å². The first kappa shape index (κ1) is 25.0. The monoisotopic (exact) mass is 499 g/mol. The molecule has 3 rings (SSSR count). The van der Waals surface area contributed by atoms with Gasteiger partial charge in [-0.05, 0) is 60.5 Å². The number of benzene rings is 3. The molecular weight excluding hydrogens is 478 g/mol. The summed E-state index contributed by atoms with van der Waals surface area (Å²) in [6.07, 6.45) is 3.04. The van der Waals surface area contributed by atoms with Crippen molar-refractivity contribution in [2.45, 2.75) is 11.8 Å². The van der Waals surface area contributed by atoms with Crippen LogP contribution in [0.1, 0.15) is 11.1 Å². The van der Waals surface area contributed by atoms with E-state index in [2.05, 4.69) is 10.6 Å². The van der Waals surface area contributed by atoms with E-state index in [0.29, 0.717) is 22.0 Å². The smallest absolute Gasteiger partial charge is 0.262 e. The molecule has 0 saturated heterocycles. The molecule has 0 aliphatic rings. The lowest BCUT2D eigenvalue weighted by molar-refractivity contribution is -0.118. The first-order valence-corrected chi connectivity index (χ1v) is 11.9. The van der Waals surface area contributed by atoms with Crippen LogP contribution in [-0.4, -0.2) is 26.8 Å². The summed E-state index contributed by atoms with van der Waals surface area (Å²) in [6.45, 7) is 1.28. The number of amides is 2. The first-order valence-electron chi connectivity index (χ1n) is 10.0. The van der Waals surface area contributed by atoms with E-state index in [9.17, 15) is 18.0 Å². The van der Waals surface area contributed by atoms with Gasteiger partial charge < -0.3 is 15.4 Å². The van der Waals surface area contributed by atoms with Crippen LogP contribution in [0.4, 0.5) is 11.4 Å². The molecule has 0 heterocycles. The third-order valence-electron chi connectivity index (χ3n) is 4.59. The van der Waals surface area contributed by atoms with Crippen molar-refractivity contribution in [2.24, 2.45) is 5.14 Å². The topological polar surface area (TPSA) is 128 Å². The second-order valence-corrected chi connectivity index (χ2v) is 9.23. The minimum atomic E-state index is -3.84. The Balaban J connectivity index is 1.64. The number of halogens is 1. The second-order valence-electron chi connectivity index (χ2n) is 7.23. The molecule has 8 nitrogen and oxygen atoms in total. The molecule has 176 valence electrons. The normalized spacial score (nSPS) is 11.3. The molecule has 0 saturated carbocycles. The summed E-state index contributed by atoms with van der Waals surface area (Å²) in [5, 5.41) is 10.8. The van der Waals surface area contributed by atoms with Crippen LogP contribution in [0.25, 0.3) is 6.08 Å². The number of aryl methyl sites for hydroxylation is 1. The van der Waals surface area contributed by atoms with Gasteiger partial charge in [-0.3, -0.25) is 9.59 Å². The summed E-state index contributed by atoms with van der Waals surface area (Å²) in [5.41, 5.74) is 2.10. The molecule has 2 amide bonds. The van der Waals surface area contributed by atoms with E-state index in [1.807, 2.05) is 30.3 Å². The summed E-state index contributed by atoms with van der Waals surface area (Å²) in [5.74, 6) is -0.629. The third kappa shape index (κ3) is 7.17. The van der Waals surface area contributed by atoms with Crippen LogP contribution in [-0.2, 0) is 19.6 Å². The molecule has 10 heteroatoms. The summed E-state index contributed by atoms with van der Waals surface area (Å²) in [6, 6.07) is 18.1. The lowest BCUT2D eigenvalue weighted by Crippen LogP contribution is -2.21.